The summed E-state index contributed by atoms with van der Waals surface area (Å²) >= 11 is 5.15. The van der Waals surface area contributed by atoms with Gasteiger partial charge in [0.15, 0.2) is 0 Å². The molecular weight excluding hydrogens is 352 g/mol. The van der Waals surface area contributed by atoms with Gasteiger partial charge in [0, 0.05) is 22.3 Å². The van der Waals surface area contributed by atoms with Crippen molar-refractivity contribution < 1.29 is 9.59 Å². The number of carbonyl (C=O) groups excluding carboxylic acids is 2. The van der Waals surface area contributed by atoms with E-state index in [1.54, 1.807) is 16.7 Å². The molecule has 6 heteroatoms. The molecule has 0 radical (unpaired) electrons. The first-order chi connectivity index (χ1) is 9.90. The molecular formula is C15H17BrN2O2S. The Kier molecular flexibility index (Phi) is 3.78. The lowest BCUT2D eigenvalue weighted by atomic mass is 10.2. The molecule has 2 aliphatic rings. The maximum absolute atomic E-state index is 12.5. The molecule has 2 saturated heterocycles. The Labute approximate surface area is 136 Å². The van der Waals surface area contributed by atoms with E-state index in [0.717, 1.165) is 22.1 Å². The molecule has 1 aromatic carbocycles. The van der Waals surface area contributed by atoms with Crippen molar-refractivity contribution in [3.05, 3.63) is 28.2 Å². The molecule has 2 aliphatic heterocycles. The second-order valence-electron chi connectivity index (χ2n) is 5.72. The van der Waals surface area contributed by atoms with Gasteiger partial charge in [-0.1, -0.05) is 15.9 Å². The third-order valence-corrected chi connectivity index (χ3v) is 6.57. The van der Waals surface area contributed by atoms with Crippen molar-refractivity contribution in [1.82, 2.24) is 4.90 Å². The van der Waals surface area contributed by atoms with E-state index < -0.39 is 0 Å². The molecule has 2 amide bonds. The number of anilines is 1. The van der Waals surface area contributed by atoms with Crippen LogP contribution >= 0.6 is 27.7 Å². The van der Waals surface area contributed by atoms with Crippen LogP contribution in [0.25, 0.3) is 0 Å². The predicted molar refractivity (Wildman–Crippen MR) is 88.2 cm³/mol. The Hall–Kier alpha value is -1.01. The molecule has 21 heavy (non-hydrogen) atoms. The van der Waals surface area contributed by atoms with Crippen molar-refractivity contribution in [2.75, 3.05) is 11.1 Å². The number of hydrogen-bond acceptors (Lipinski definition) is 3. The zero-order chi connectivity index (χ0) is 15.2. The number of nitrogens with zero attached hydrogens (tertiary/aromatic N) is 1. The third-order valence-electron chi connectivity index (χ3n) is 4.17. The molecule has 0 bridgehead atoms. The van der Waals surface area contributed by atoms with Crippen LogP contribution in [0.5, 0.6) is 0 Å². The van der Waals surface area contributed by atoms with Gasteiger partial charge in [0.05, 0.1) is 4.87 Å². The number of carbonyl (C=O) groups is 2. The van der Waals surface area contributed by atoms with Crippen LogP contribution in [-0.2, 0) is 9.59 Å². The van der Waals surface area contributed by atoms with Gasteiger partial charge in [0.1, 0.15) is 6.04 Å². The Morgan fingerprint density at radius 2 is 2.29 bits per heavy atom. The number of fused-ring (bicyclic) bond motifs is 1. The van der Waals surface area contributed by atoms with Gasteiger partial charge < -0.3 is 10.2 Å². The summed E-state index contributed by atoms with van der Waals surface area (Å²) in [6, 6.07) is 5.34. The summed E-state index contributed by atoms with van der Waals surface area (Å²) in [4.78, 5) is 26.1. The Balaban J connectivity index is 1.77. The van der Waals surface area contributed by atoms with Crippen LogP contribution in [0, 0.1) is 6.92 Å². The molecule has 0 spiro atoms. The molecule has 0 saturated carbocycles. The molecule has 1 N–H and O–H groups in total. The molecule has 3 rings (SSSR count). The molecule has 2 atom stereocenters. The van der Waals surface area contributed by atoms with E-state index in [0.29, 0.717) is 12.2 Å². The number of halogens is 1. The Morgan fingerprint density at radius 3 is 3.00 bits per heavy atom. The van der Waals surface area contributed by atoms with Crippen LogP contribution in [-0.4, -0.2) is 33.4 Å². The van der Waals surface area contributed by atoms with Crippen LogP contribution < -0.4 is 5.32 Å². The van der Waals surface area contributed by atoms with Crippen LogP contribution in [0.4, 0.5) is 5.69 Å². The summed E-state index contributed by atoms with van der Waals surface area (Å²) in [5.41, 5.74) is 1.83. The molecule has 1 aromatic rings. The summed E-state index contributed by atoms with van der Waals surface area (Å²) < 4.78 is 1.01. The molecule has 2 fully saturated rings. The van der Waals surface area contributed by atoms with E-state index in [9.17, 15) is 9.59 Å². The fourth-order valence-corrected chi connectivity index (χ4v) is 4.64. The second kappa shape index (κ2) is 5.32. The number of amides is 2. The van der Waals surface area contributed by atoms with E-state index in [1.807, 2.05) is 25.1 Å². The van der Waals surface area contributed by atoms with Gasteiger partial charge in [-0.2, -0.15) is 0 Å². The van der Waals surface area contributed by atoms with E-state index in [2.05, 4.69) is 28.2 Å². The molecule has 0 aliphatic carbocycles. The lowest BCUT2D eigenvalue weighted by molar-refractivity contribution is -0.135. The minimum Gasteiger partial charge on any atom is -0.324 e. The van der Waals surface area contributed by atoms with E-state index in [4.69, 9.17) is 0 Å². The average molecular weight is 369 g/mol. The van der Waals surface area contributed by atoms with Crippen molar-refractivity contribution in [2.24, 2.45) is 0 Å². The number of rotatable bonds is 2. The third kappa shape index (κ3) is 2.59. The maximum Gasteiger partial charge on any atom is 0.248 e. The predicted octanol–water partition coefficient (Wildman–Crippen LogP) is 3.15. The highest BCUT2D eigenvalue weighted by Crippen LogP contribution is 2.47. The van der Waals surface area contributed by atoms with Gasteiger partial charge in [-0.15, -0.1) is 11.8 Å². The monoisotopic (exact) mass is 368 g/mol. The highest BCUT2D eigenvalue weighted by molar-refractivity contribution is 9.10. The van der Waals surface area contributed by atoms with Gasteiger partial charge in [0.25, 0.3) is 0 Å². The summed E-state index contributed by atoms with van der Waals surface area (Å²) in [5.74, 6) is 0.668. The van der Waals surface area contributed by atoms with Crippen molar-refractivity contribution in [1.29, 1.82) is 0 Å². The van der Waals surface area contributed by atoms with Gasteiger partial charge in [0.2, 0.25) is 11.8 Å². The second-order valence-corrected chi connectivity index (χ2v) is 8.07. The number of aryl methyl sites for hydroxylation is 1. The molecule has 0 aromatic heterocycles. The smallest absolute Gasteiger partial charge is 0.248 e. The quantitative estimate of drug-likeness (QED) is 0.871. The molecule has 2 heterocycles. The van der Waals surface area contributed by atoms with Crippen molar-refractivity contribution in [3.63, 3.8) is 0 Å². The minimum absolute atomic E-state index is 0.0923. The number of thioether (sulfide) groups is 1. The van der Waals surface area contributed by atoms with Gasteiger partial charge >= 0.3 is 0 Å². The largest absolute Gasteiger partial charge is 0.324 e. The van der Waals surface area contributed by atoms with E-state index in [1.165, 1.54) is 0 Å². The van der Waals surface area contributed by atoms with Crippen LogP contribution in [0.2, 0.25) is 0 Å². The molecule has 0 unspecified atom stereocenters. The maximum atomic E-state index is 12.5. The number of benzene rings is 1. The van der Waals surface area contributed by atoms with E-state index >= 15 is 0 Å². The first-order valence-corrected chi connectivity index (χ1v) is 8.72. The fourth-order valence-electron chi connectivity index (χ4n) is 2.96. The summed E-state index contributed by atoms with van der Waals surface area (Å²) in [7, 11) is 0. The van der Waals surface area contributed by atoms with Gasteiger partial charge in [-0.05, 0) is 44.0 Å². The summed E-state index contributed by atoms with van der Waals surface area (Å²) in [5, 5.41) is 2.94. The van der Waals surface area contributed by atoms with Gasteiger partial charge in [-0.3, -0.25) is 9.59 Å². The molecule has 112 valence electrons. The number of nitrogens with one attached hydrogen (secondary N) is 1. The first kappa shape index (κ1) is 14.9. The lowest BCUT2D eigenvalue weighted by Gasteiger charge is -2.29. The first-order valence-electron chi connectivity index (χ1n) is 6.94. The number of hydrogen-bond donors (Lipinski definition) is 1. The highest BCUT2D eigenvalue weighted by Gasteiger charge is 2.52. The van der Waals surface area contributed by atoms with Crippen molar-refractivity contribution >= 4 is 45.2 Å². The Morgan fingerprint density at radius 1 is 1.52 bits per heavy atom. The van der Waals surface area contributed by atoms with Crippen LogP contribution in [0.15, 0.2) is 22.7 Å². The highest BCUT2D eigenvalue weighted by atomic mass is 79.9. The summed E-state index contributed by atoms with van der Waals surface area (Å²) in [6.45, 7) is 4.03. The van der Waals surface area contributed by atoms with Gasteiger partial charge in [-0.25, -0.2) is 0 Å². The normalized spacial score (nSPS) is 27.9. The van der Waals surface area contributed by atoms with Crippen molar-refractivity contribution in [3.8, 4) is 0 Å². The Bertz CT molecular complexity index is 622. The van der Waals surface area contributed by atoms with Crippen LogP contribution in [0.1, 0.15) is 25.3 Å². The minimum atomic E-state index is -0.362. The van der Waals surface area contributed by atoms with E-state index in [-0.39, 0.29) is 22.7 Å². The zero-order valence-corrected chi connectivity index (χ0v) is 14.4. The SMILES string of the molecule is Cc1cc(NC(=O)[C@H]2CS[C@]3(C)CCC(=O)N23)ccc1Br. The molecule has 4 nitrogen and oxygen atoms in total. The fraction of sp³-hybridized carbons (Fsp3) is 0.467. The average Bonchev–Trinajstić information content (AvgIpc) is 2.91. The lowest BCUT2D eigenvalue weighted by Crippen LogP contribution is -2.48. The summed E-state index contributed by atoms with van der Waals surface area (Å²) in [6.07, 6.45) is 1.38. The topological polar surface area (TPSA) is 49.4 Å². The van der Waals surface area contributed by atoms with Crippen LogP contribution in [0.3, 0.4) is 0 Å². The standard InChI is InChI=1S/C15H17BrN2O2S/c1-9-7-10(3-4-11(9)16)17-14(20)12-8-21-15(2)6-5-13(19)18(12)15/h3-4,7,12H,5-6,8H2,1-2H3,(H,17,20)/t12-,15-/m1/s1. The van der Waals surface area contributed by atoms with Crippen molar-refractivity contribution in [2.45, 2.75) is 37.6 Å². The zero-order valence-electron chi connectivity index (χ0n) is 12.0.